The van der Waals surface area contributed by atoms with Gasteiger partial charge in [-0.2, -0.15) is 0 Å². The molecule has 4 heterocycles. The van der Waals surface area contributed by atoms with Crippen molar-refractivity contribution in [1.82, 2.24) is 14.9 Å². The number of thiazole rings is 1. The summed E-state index contributed by atoms with van der Waals surface area (Å²) in [6, 6.07) is 8.45. The normalized spacial score (nSPS) is 18.2. The standard InChI is InChI=1S/C28H31ClFN5O3S/c1-27(2)15-34(18-6-7-19(29)20(30)12-18)14-21-24(27)32-25(39-21)26(38)35-10-9-33(16-28(35,3)4)22-8-5-17(13-31-22)11-23(36)37/h5-8,12-13H,9-11,14-16H2,1-4H3,(H,36,37). The van der Waals surface area contributed by atoms with Crippen LogP contribution < -0.4 is 9.80 Å². The summed E-state index contributed by atoms with van der Waals surface area (Å²) in [4.78, 5) is 41.2. The lowest BCUT2D eigenvalue weighted by atomic mass is 9.85. The zero-order valence-corrected chi connectivity index (χ0v) is 23.9. The van der Waals surface area contributed by atoms with Gasteiger partial charge in [0.15, 0.2) is 5.01 Å². The molecule has 0 aliphatic carbocycles. The Balaban J connectivity index is 1.33. The Morgan fingerprint density at radius 2 is 1.87 bits per heavy atom. The van der Waals surface area contributed by atoms with E-state index in [1.54, 1.807) is 18.3 Å². The molecule has 2 aliphatic rings. The molecule has 1 N–H and O–H groups in total. The van der Waals surface area contributed by atoms with E-state index in [0.29, 0.717) is 43.3 Å². The molecule has 1 fully saturated rings. The van der Waals surface area contributed by atoms with Gasteiger partial charge in [0.05, 0.1) is 29.2 Å². The molecular weight excluding hydrogens is 541 g/mol. The number of aliphatic carboxylic acids is 1. The van der Waals surface area contributed by atoms with Gasteiger partial charge in [-0.3, -0.25) is 9.59 Å². The second kappa shape index (κ2) is 10.1. The molecule has 2 aliphatic heterocycles. The van der Waals surface area contributed by atoms with E-state index >= 15 is 0 Å². The van der Waals surface area contributed by atoms with Gasteiger partial charge in [0.2, 0.25) is 0 Å². The molecule has 206 valence electrons. The zero-order chi connectivity index (χ0) is 28.1. The number of carbonyl (C=O) groups is 2. The van der Waals surface area contributed by atoms with Gasteiger partial charge in [0.25, 0.3) is 5.91 Å². The number of piperazine rings is 1. The summed E-state index contributed by atoms with van der Waals surface area (Å²) in [6.07, 6.45) is 1.53. The summed E-state index contributed by atoms with van der Waals surface area (Å²) in [6.45, 7) is 11.1. The molecule has 5 rings (SSSR count). The highest BCUT2D eigenvalue weighted by Crippen LogP contribution is 2.39. The van der Waals surface area contributed by atoms with Crippen LogP contribution in [0.25, 0.3) is 0 Å². The molecule has 8 nitrogen and oxygen atoms in total. The highest BCUT2D eigenvalue weighted by Gasteiger charge is 2.41. The van der Waals surface area contributed by atoms with E-state index in [9.17, 15) is 14.0 Å². The molecule has 3 aromatic rings. The second-order valence-electron chi connectivity index (χ2n) is 11.4. The molecule has 0 unspecified atom stereocenters. The first kappa shape index (κ1) is 27.3. The highest BCUT2D eigenvalue weighted by molar-refractivity contribution is 7.13. The number of carboxylic acids is 1. The lowest BCUT2D eigenvalue weighted by Crippen LogP contribution is -2.61. The third-order valence-electron chi connectivity index (χ3n) is 7.35. The predicted octanol–water partition coefficient (Wildman–Crippen LogP) is 5.00. The van der Waals surface area contributed by atoms with E-state index in [1.165, 1.54) is 17.4 Å². The van der Waals surface area contributed by atoms with Crippen molar-refractivity contribution in [3.05, 3.63) is 68.5 Å². The fraction of sp³-hybridized carbons (Fsp3) is 0.429. The molecular formula is C28H31ClFN5O3S. The van der Waals surface area contributed by atoms with E-state index in [1.807, 2.05) is 30.9 Å². The predicted molar refractivity (Wildman–Crippen MR) is 151 cm³/mol. The van der Waals surface area contributed by atoms with Gasteiger partial charge in [0.1, 0.15) is 11.6 Å². The van der Waals surface area contributed by atoms with Crippen molar-refractivity contribution in [2.45, 2.75) is 51.6 Å². The minimum Gasteiger partial charge on any atom is -0.481 e. The summed E-state index contributed by atoms with van der Waals surface area (Å²) >= 11 is 7.30. The van der Waals surface area contributed by atoms with Gasteiger partial charge in [-0.1, -0.05) is 31.5 Å². The van der Waals surface area contributed by atoms with Crippen LogP contribution in [0.1, 0.15) is 53.6 Å². The van der Waals surface area contributed by atoms with Gasteiger partial charge < -0.3 is 19.8 Å². The van der Waals surface area contributed by atoms with Crippen LogP contribution in [0.15, 0.2) is 36.5 Å². The summed E-state index contributed by atoms with van der Waals surface area (Å²) in [5.74, 6) is -0.680. The Kier molecular flexibility index (Phi) is 7.05. The quantitative estimate of drug-likeness (QED) is 0.461. The number of halogens is 2. The lowest BCUT2D eigenvalue weighted by Gasteiger charge is -2.47. The van der Waals surface area contributed by atoms with Crippen molar-refractivity contribution in [3.63, 3.8) is 0 Å². The minimum absolute atomic E-state index is 0.0655. The maximum absolute atomic E-state index is 14.2. The molecule has 39 heavy (non-hydrogen) atoms. The number of aromatic nitrogens is 2. The number of rotatable bonds is 5. The van der Waals surface area contributed by atoms with Crippen molar-refractivity contribution < 1.29 is 19.1 Å². The number of carbonyl (C=O) groups excluding carboxylic acids is 1. The summed E-state index contributed by atoms with van der Waals surface area (Å²) in [7, 11) is 0. The number of fused-ring (bicyclic) bond motifs is 1. The monoisotopic (exact) mass is 571 g/mol. The Morgan fingerprint density at radius 3 is 2.51 bits per heavy atom. The number of amides is 1. The molecule has 1 amide bonds. The van der Waals surface area contributed by atoms with Crippen molar-refractivity contribution in [2.75, 3.05) is 36.0 Å². The summed E-state index contributed by atoms with van der Waals surface area (Å²) < 4.78 is 14.2. The summed E-state index contributed by atoms with van der Waals surface area (Å²) in [5.41, 5.74) is 1.51. The Hall–Kier alpha value is -3.24. The molecule has 0 atom stereocenters. The lowest BCUT2D eigenvalue weighted by molar-refractivity contribution is -0.136. The van der Waals surface area contributed by atoms with Crippen LogP contribution in [-0.2, 0) is 23.2 Å². The fourth-order valence-corrected chi connectivity index (χ4v) is 6.77. The van der Waals surface area contributed by atoms with Crippen LogP contribution in [0, 0.1) is 5.82 Å². The number of benzene rings is 1. The average Bonchev–Trinajstić information content (AvgIpc) is 3.30. The highest BCUT2D eigenvalue weighted by atomic mass is 35.5. The minimum atomic E-state index is -0.892. The number of carboxylic acid groups (broad SMARTS) is 1. The molecule has 1 aromatic carbocycles. The van der Waals surface area contributed by atoms with Crippen molar-refractivity contribution in [3.8, 4) is 0 Å². The maximum Gasteiger partial charge on any atom is 0.307 e. The smallest absolute Gasteiger partial charge is 0.307 e. The topological polar surface area (TPSA) is 89.9 Å². The Bertz CT molecular complexity index is 1430. The van der Waals surface area contributed by atoms with Gasteiger partial charge in [-0.05, 0) is 43.7 Å². The van der Waals surface area contributed by atoms with Gasteiger partial charge in [0, 0.05) is 48.4 Å². The first-order chi connectivity index (χ1) is 18.3. The van der Waals surface area contributed by atoms with Crippen LogP contribution in [0.3, 0.4) is 0 Å². The number of pyridine rings is 1. The van der Waals surface area contributed by atoms with Crippen molar-refractivity contribution in [2.24, 2.45) is 0 Å². The van der Waals surface area contributed by atoms with Gasteiger partial charge in [-0.25, -0.2) is 14.4 Å². The van der Waals surface area contributed by atoms with Crippen molar-refractivity contribution in [1.29, 1.82) is 0 Å². The van der Waals surface area contributed by atoms with Crippen LogP contribution >= 0.6 is 22.9 Å². The van der Waals surface area contributed by atoms with Crippen molar-refractivity contribution >= 4 is 46.3 Å². The fourth-order valence-electron chi connectivity index (χ4n) is 5.45. The second-order valence-corrected chi connectivity index (χ2v) is 12.9. The third kappa shape index (κ3) is 5.45. The SMILES string of the molecule is CC1(C)CN(c2ccc(Cl)c(F)c2)Cc2sc(C(=O)N3CCN(c4ccc(CC(=O)O)cn4)CC3(C)C)nc21. The molecule has 1 saturated heterocycles. The van der Waals surface area contributed by atoms with Crippen LogP contribution in [0.2, 0.25) is 5.02 Å². The van der Waals surface area contributed by atoms with E-state index in [-0.39, 0.29) is 22.8 Å². The van der Waals surface area contributed by atoms with Gasteiger partial charge in [-0.15, -0.1) is 11.3 Å². The van der Waals surface area contributed by atoms with Gasteiger partial charge >= 0.3 is 5.97 Å². The third-order valence-corrected chi connectivity index (χ3v) is 8.68. The Labute approximate surface area is 236 Å². The number of anilines is 2. The zero-order valence-electron chi connectivity index (χ0n) is 22.4. The van der Waals surface area contributed by atoms with Crippen LogP contribution in [-0.4, -0.2) is 63.6 Å². The number of hydrogen-bond acceptors (Lipinski definition) is 7. The Morgan fingerprint density at radius 1 is 1.10 bits per heavy atom. The number of hydrogen-bond donors (Lipinski definition) is 1. The van der Waals surface area contributed by atoms with Crippen LogP contribution in [0.5, 0.6) is 0 Å². The largest absolute Gasteiger partial charge is 0.481 e. The van der Waals surface area contributed by atoms with E-state index in [0.717, 1.165) is 22.1 Å². The molecule has 0 spiro atoms. The first-order valence-corrected chi connectivity index (χ1v) is 14.0. The maximum atomic E-state index is 14.2. The van der Waals surface area contributed by atoms with E-state index in [4.69, 9.17) is 21.7 Å². The van der Waals surface area contributed by atoms with Crippen LogP contribution in [0.4, 0.5) is 15.9 Å². The first-order valence-electron chi connectivity index (χ1n) is 12.8. The average molecular weight is 572 g/mol. The van der Waals surface area contributed by atoms with E-state index in [2.05, 4.69) is 28.6 Å². The molecule has 0 radical (unpaired) electrons. The summed E-state index contributed by atoms with van der Waals surface area (Å²) in [5, 5.41) is 9.56. The number of nitrogens with zero attached hydrogens (tertiary/aromatic N) is 5. The molecule has 2 aromatic heterocycles. The van der Waals surface area contributed by atoms with E-state index < -0.39 is 17.3 Å². The molecule has 0 bridgehead atoms. The molecule has 0 saturated carbocycles. The molecule has 11 heteroatoms.